The highest BCUT2D eigenvalue weighted by molar-refractivity contribution is 7.98. The largest absolute Gasteiger partial charge is 0.465 e. The number of nitrogens with zero attached hydrogens (tertiary/aromatic N) is 3. The van der Waals surface area contributed by atoms with Crippen LogP contribution >= 0.6 is 11.8 Å². The Morgan fingerprint density at radius 1 is 1.44 bits per heavy atom. The average molecular weight is 360 g/mol. The van der Waals surface area contributed by atoms with Crippen molar-refractivity contribution in [2.24, 2.45) is 0 Å². The average Bonchev–Trinajstić information content (AvgIpc) is 3.38. The van der Waals surface area contributed by atoms with E-state index in [-0.39, 0.29) is 5.91 Å². The van der Waals surface area contributed by atoms with E-state index in [1.165, 1.54) is 31.8 Å². The van der Waals surface area contributed by atoms with Gasteiger partial charge < -0.3 is 14.3 Å². The summed E-state index contributed by atoms with van der Waals surface area (Å²) in [6, 6.07) is 4.14. The molecule has 1 aliphatic carbocycles. The van der Waals surface area contributed by atoms with Gasteiger partial charge >= 0.3 is 0 Å². The number of carbonyl (C=O) groups is 1. The fourth-order valence-corrected chi connectivity index (χ4v) is 3.78. The number of amides is 1. The van der Waals surface area contributed by atoms with Gasteiger partial charge in [-0.15, -0.1) is 10.2 Å². The van der Waals surface area contributed by atoms with Crippen LogP contribution in [0.1, 0.15) is 49.7 Å². The smallest absolute Gasteiger partial charge is 0.244 e. The highest BCUT2D eigenvalue weighted by atomic mass is 32.2. The predicted molar refractivity (Wildman–Crippen MR) is 98.4 cm³/mol. The lowest BCUT2D eigenvalue weighted by Crippen LogP contribution is -2.23. The molecule has 2 heterocycles. The third kappa shape index (κ3) is 4.75. The van der Waals surface area contributed by atoms with Gasteiger partial charge in [-0.2, -0.15) is 0 Å². The first-order chi connectivity index (χ1) is 12.3. The molecule has 0 atom stereocenters. The molecule has 1 saturated carbocycles. The molecular weight excluding hydrogens is 336 g/mol. The highest BCUT2D eigenvalue weighted by Crippen LogP contribution is 2.33. The van der Waals surface area contributed by atoms with E-state index in [1.54, 1.807) is 30.2 Å². The van der Waals surface area contributed by atoms with Crippen molar-refractivity contribution in [1.82, 2.24) is 20.1 Å². The molecule has 0 aromatic carbocycles. The summed E-state index contributed by atoms with van der Waals surface area (Å²) in [4.78, 5) is 11.8. The van der Waals surface area contributed by atoms with Crippen LogP contribution in [-0.4, -0.2) is 33.5 Å². The van der Waals surface area contributed by atoms with Crippen LogP contribution in [-0.2, 0) is 11.2 Å². The van der Waals surface area contributed by atoms with Crippen LogP contribution in [0.3, 0.4) is 0 Å². The van der Waals surface area contributed by atoms with E-state index in [0.29, 0.717) is 18.3 Å². The normalized spacial score (nSPS) is 15.2. The second-order valence-corrected chi connectivity index (χ2v) is 6.93. The molecule has 2 aromatic rings. The van der Waals surface area contributed by atoms with Gasteiger partial charge in [0.2, 0.25) is 5.91 Å². The van der Waals surface area contributed by atoms with Crippen molar-refractivity contribution in [3.05, 3.63) is 36.1 Å². The van der Waals surface area contributed by atoms with Gasteiger partial charge in [0.15, 0.2) is 5.16 Å². The Morgan fingerprint density at radius 3 is 3.00 bits per heavy atom. The zero-order chi connectivity index (χ0) is 17.5. The lowest BCUT2D eigenvalue weighted by molar-refractivity contribution is -0.116. The van der Waals surface area contributed by atoms with E-state index in [4.69, 9.17) is 4.42 Å². The maximum atomic E-state index is 11.8. The second-order valence-electron chi connectivity index (χ2n) is 6.15. The second kappa shape index (κ2) is 8.89. The third-order valence-electron chi connectivity index (χ3n) is 4.43. The summed E-state index contributed by atoms with van der Waals surface area (Å²) in [5, 5.41) is 12.6. The predicted octanol–water partition coefficient (Wildman–Crippen LogP) is 3.47. The number of furan rings is 1. The number of aryl methyl sites for hydroxylation is 1. The summed E-state index contributed by atoms with van der Waals surface area (Å²) in [6.07, 6.45) is 13.5. The molecule has 0 bridgehead atoms. The summed E-state index contributed by atoms with van der Waals surface area (Å²) in [6.45, 7) is 0.619. The molecule has 0 unspecified atom stereocenters. The summed E-state index contributed by atoms with van der Waals surface area (Å²) in [7, 11) is 0. The quantitative estimate of drug-likeness (QED) is 0.443. The maximum absolute atomic E-state index is 11.8. The Bertz CT molecular complexity index is 703. The van der Waals surface area contributed by atoms with E-state index in [1.807, 2.05) is 12.3 Å². The lowest BCUT2D eigenvalue weighted by atomic mass is 10.2. The molecule has 0 radical (unpaired) electrons. The molecular formula is C18H24N4O2S. The Morgan fingerprint density at radius 2 is 2.28 bits per heavy atom. The van der Waals surface area contributed by atoms with Crippen LogP contribution in [0.15, 0.2) is 34.0 Å². The van der Waals surface area contributed by atoms with Crippen LogP contribution in [0.2, 0.25) is 0 Å². The third-order valence-corrected chi connectivity index (χ3v) is 5.07. The number of hydrogen-bond acceptors (Lipinski definition) is 5. The van der Waals surface area contributed by atoms with Crippen molar-refractivity contribution < 1.29 is 9.21 Å². The van der Waals surface area contributed by atoms with Crippen molar-refractivity contribution in [1.29, 1.82) is 0 Å². The fraction of sp³-hybridized carbons (Fsp3) is 0.500. The fourth-order valence-electron chi connectivity index (χ4n) is 3.21. The first-order valence-electron chi connectivity index (χ1n) is 8.75. The Labute approximate surface area is 152 Å². The van der Waals surface area contributed by atoms with Crippen LogP contribution in [0.5, 0.6) is 0 Å². The summed E-state index contributed by atoms with van der Waals surface area (Å²) in [5.41, 5.74) is 0. The van der Waals surface area contributed by atoms with E-state index in [9.17, 15) is 4.79 Å². The first kappa shape index (κ1) is 17.8. The van der Waals surface area contributed by atoms with Crippen molar-refractivity contribution in [3.8, 4) is 0 Å². The van der Waals surface area contributed by atoms with Gasteiger partial charge in [-0.3, -0.25) is 4.79 Å². The molecule has 134 valence electrons. The van der Waals surface area contributed by atoms with Crippen molar-refractivity contribution in [2.75, 3.05) is 12.8 Å². The topological polar surface area (TPSA) is 73.0 Å². The van der Waals surface area contributed by atoms with Gasteiger partial charge in [-0.1, -0.05) is 24.6 Å². The first-order valence-corrected chi connectivity index (χ1v) is 9.97. The molecule has 0 aliphatic heterocycles. The molecule has 2 aromatic heterocycles. The zero-order valence-electron chi connectivity index (χ0n) is 14.5. The zero-order valence-corrected chi connectivity index (χ0v) is 15.3. The Kier molecular flexibility index (Phi) is 6.33. The SMILES string of the molecule is CSc1nnc(CCCNC(=O)/C=C/c2ccco2)n1C1CCCC1. The highest BCUT2D eigenvalue weighted by Gasteiger charge is 2.23. The molecule has 1 N–H and O–H groups in total. The molecule has 25 heavy (non-hydrogen) atoms. The van der Waals surface area contributed by atoms with Crippen LogP contribution < -0.4 is 5.32 Å². The van der Waals surface area contributed by atoms with E-state index in [0.717, 1.165) is 23.8 Å². The van der Waals surface area contributed by atoms with E-state index < -0.39 is 0 Å². The molecule has 7 heteroatoms. The molecule has 1 aliphatic rings. The minimum absolute atomic E-state index is 0.113. The standard InChI is InChI=1S/C18H24N4O2S/c1-25-18-21-20-16(22(18)14-6-2-3-7-14)9-4-12-19-17(23)11-10-15-8-5-13-24-15/h5,8,10-11,13-14H,2-4,6-7,9,12H2,1H3,(H,19,23)/b11-10+. The van der Waals surface area contributed by atoms with Gasteiger partial charge in [0.05, 0.1) is 6.26 Å². The number of carbonyl (C=O) groups excluding carboxylic acids is 1. The molecule has 6 nitrogen and oxygen atoms in total. The van der Waals surface area contributed by atoms with Crippen LogP contribution in [0.25, 0.3) is 6.08 Å². The minimum atomic E-state index is -0.113. The van der Waals surface area contributed by atoms with Crippen molar-refractivity contribution >= 4 is 23.7 Å². The Balaban J connectivity index is 1.47. The number of nitrogens with one attached hydrogen (secondary N) is 1. The van der Waals surface area contributed by atoms with E-state index in [2.05, 4.69) is 20.1 Å². The summed E-state index contributed by atoms with van der Waals surface area (Å²) in [5.74, 6) is 1.60. The number of hydrogen-bond donors (Lipinski definition) is 1. The van der Waals surface area contributed by atoms with Gasteiger partial charge in [-0.05, 0) is 43.7 Å². The van der Waals surface area contributed by atoms with Gasteiger partial charge in [-0.25, -0.2) is 0 Å². The van der Waals surface area contributed by atoms with E-state index >= 15 is 0 Å². The Hall–Kier alpha value is -2.02. The molecule has 1 amide bonds. The number of rotatable bonds is 8. The molecule has 3 rings (SSSR count). The summed E-state index contributed by atoms with van der Waals surface area (Å²) >= 11 is 1.65. The van der Waals surface area contributed by atoms with Crippen molar-refractivity contribution in [2.45, 2.75) is 49.7 Å². The number of aromatic nitrogens is 3. The lowest BCUT2D eigenvalue weighted by Gasteiger charge is -2.16. The van der Waals surface area contributed by atoms with Crippen LogP contribution in [0.4, 0.5) is 0 Å². The molecule has 1 fully saturated rings. The van der Waals surface area contributed by atoms with Crippen LogP contribution in [0, 0.1) is 0 Å². The minimum Gasteiger partial charge on any atom is -0.465 e. The van der Waals surface area contributed by atoms with Gasteiger partial charge in [0, 0.05) is 25.1 Å². The van der Waals surface area contributed by atoms with Gasteiger partial charge in [0.1, 0.15) is 11.6 Å². The molecule has 0 spiro atoms. The molecule has 0 saturated heterocycles. The van der Waals surface area contributed by atoms with Crippen molar-refractivity contribution in [3.63, 3.8) is 0 Å². The maximum Gasteiger partial charge on any atom is 0.244 e. The van der Waals surface area contributed by atoms with Gasteiger partial charge in [0.25, 0.3) is 0 Å². The monoisotopic (exact) mass is 360 g/mol. The summed E-state index contributed by atoms with van der Waals surface area (Å²) < 4.78 is 7.47. The number of thioether (sulfide) groups is 1.